The van der Waals surface area contributed by atoms with Gasteiger partial charge < -0.3 is 19.4 Å². The van der Waals surface area contributed by atoms with Crippen molar-refractivity contribution in [2.24, 2.45) is 0 Å². The number of halogens is 2. The van der Waals surface area contributed by atoms with Crippen LogP contribution in [-0.2, 0) is 22.4 Å². The van der Waals surface area contributed by atoms with Crippen molar-refractivity contribution in [3.63, 3.8) is 0 Å². The van der Waals surface area contributed by atoms with Crippen LogP contribution in [0.4, 0.5) is 0 Å². The van der Waals surface area contributed by atoms with E-state index < -0.39 is 17.8 Å². The topological polar surface area (TPSA) is 96.9 Å². The number of nitrogens with zero attached hydrogens (tertiary/aromatic N) is 1. The fraction of sp³-hybridized carbons (Fsp3) is 0.261. The Labute approximate surface area is 204 Å². The SMILES string of the molecule is COc1ccc([C@@H](Cc2c(Cl)c[n+](O)cc2Cl)C(C(=O)O)c2ccc(CC=O)s2)cc1OC. The number of carbonyl (C=O) groups excluding carboxylic acids is 1. The molecule has 0 fully saturated rings. The smallest absolute Gasteiger partial charge is 0.312 e. The van der Waals surface area contributed by atoms with Gasteiger partial charge in [0, 0.05) is 32.4 Å². The highest BCUT2D eigenvalue weighted by atomic mass is 35.5. The first-order valence-electron chi connectivity index (χ1n) is 9.84. The van der Waals surface area contributed by atoms with Gasteiger partial charge in [-0.3, -0.25) is 10.0 Å². The minimum absolute atomic E-state index is 0.172. The Hall–Kier alpha value is -2.81. The Morgan fingerprint density at radius 2 is 1.79 bits per heavy atom. The minimum Gasteiger partial charge on any atom is -0.493 e. The standard InChI is InChI=1S/C23H21Cl2NO6S/c1-31-19-5-3-13(9-20(19)32-2)15(10-16-17(24)11-26(30)12-18(16)25)22(23(28)29)21-6-4-14(33-21)7-8-27/h3-6,8-9,11-12,15,22H,7,10H2,1-2H3,(H-,28,29,30)/p+1/t15-,22?/m1/s1. The largest absolute Gasteiger partial charge is 0.493 e. The van der Waals surface area contributed by atoms with Crippen LogP contribution in [0.3, 0.4) is 0 Å². The molecule has 33 heavy (non-hydrogen) atoms. The van der Waals surface area contributed by atoms with E-state index in [-0.39, 0.29) is 22.9 Å². The molecule has 0 spiro atoms. The van der Waals surface area contributed by atoms with E-state index >= 15 is 0 Å². The fourth-order valence-corrected chi connectivity index (χ4v) is 5.44. The first-order chi connectivity index (χ1) is 15.8. The lowest BCUT2D eigenvalue weighted by Gasteiger charge is -2.25. The van der Waals surface area contributed by atoms with Crippen molar-refractivity contribution >= 4 is 46.8 Å². The van der Waals surface area contributed by atoms with Crippen LogP contribution >= 0.6 is 34.5 Å². The van der Waals surface area contributed by atoms with Crippen LogP contribution in [-0.4, -0.2) is 36.8 Å². The third-order valence-electron chi connectivity index (χ3n) is 5.27. The molecule has 0 aliphatic rings. The number of aromatic nitrogens is 1. The maximum atomic E-state index is 12.5. The predicted octanol–water partition coefficient (Wildman–Crippen LogP) is 4.53. The Bertz CT molecular complexity index is 1140. The molecule has 174 valence electrons. The number of pyridine rings is 1. The second kappa shape index (κ2) is 10.9. The van der Waals surface area contributed by atoms with E-state index in [0.29, 0.717) is 27.5 Å². The van der Waals surface area contributed by atoms with Gasteiger partial charge in [0.1, 0.15) is 16.3 Å². The van der Waals surface area contributed by atoms with Crippen LogP contribution in [0.5, 0.6) is 11.5 Å². The third kappa shape index (κ3) is 5.58. The van der Waals surface area contributed by atoms with Crippen molar-refractivity contribution in [1.82, 2.24) is 0 Å². The van der Waals surface area contributed by atoms with Crippen LogP contribution in [0.15, 0.2) is 42.7 Å². The van der Waals surface area contributed by atoms with Crippen LogP contribution in [0, 0.1) is 0 Å². The number of aldehydes is 1. The van der Waals surface area contributed by atoms with Gasteiger partial charge in [-0.15, -0.1) is 11.3 Å². The number of hydrogen-bond acceptors (Lipinski definition) is 6. The maximum absolute atomic E-state index is 12.5. The van der Waals surface area contributed by atoms with Gasteiger partial charge in [-0.05, 0) is 36.2 Å². The third-order valence-corrected chi connectivity index (χ3v) is 7.11. The molecule has 3 aromatic rings. The summed E-state index contributed by atoms with van der Waals surface area (Å²) in [4.78, 5) is 24.8. The number of methoxy groups -OCH3 is 2. The van der Waals surface area contributed by atoms with Crippen molar-refractivity contribution in [2.45, 2.75) is 24.7 Å². The zero-order valence-corrected chi connectivity index (χ0v) is 20.2. The van der Waals surface area contributed by atoms with Gasteiger partial charge in [0.15, 0.2) is 11.5 Å². The van der Waals surface area contributed by atoms with E-state index in [9.17, 15) is 19.9 Å². The predicted molar refractivity (Wildman–Crippen MR) is 124 cm³/mol. The van der Waals surface area contributed by atoms with Crippen molar-refractivity contribution in [3.05, 3.63) is 73.7 Å². The molecule has 0 bridgehead atoms. The van der Waals surface area contributed by atoms with Crippen molar-refractivity contribution in [2.75, 3.05) is 14.2 Å². The highest BCUT2D eigenvalue weighted by Gasteiger charge is 2.34. The molecule has 3 rings (SSSR count). The van der Waals surface area contributed by atoms with Crippen molar-refractivity contribution in [3.8, 4) is 11.5 Å². The molecule has 2 aromatic heterocycles. The molecule has 2 N–H and O–H groups in total. The summed E-state index contributed by atoms with van der Waals surface area (Å²) in [7, 11) is 3.02. The summed E-state index contributed by atoms with van der Waals surface area (Å²) < 4.78 is 11.5. The molecule has 1 unspecified atom stereocenters. The molecule has 1 aromatic carbocycles. The lowest BCUT2D eigenvalue weighted by Crippen LogP contribution is -2.29. The molecule has 2 atom stereocenters. The second-order valence-corrected chi connectivity index (χ2v) is 9.24. The van der Waals surface area contributed by atoms with E-state index in [1.165, 1.54) is 38.0 Å². The lowest BCUT2D eigenvalue weighted by atomic mass is 9.80. The zero-order chi connectivity index (χ0) is 24.1. The summed E-state index contributed by atoms with van der Waals surface area (Å²) in [6.45, 7) is 0. The van der Waals surface area contributed by atoms with E-state index in [4.69, 9.17) is 32.7 Å². The van der Waals surface area contributed by atoms with E-state index in [2.05, 4.69) is 0 Å². The lowest BCUT2D eigenvalue weighted by molar-refractivity contribution is -0.904. The number of ether oxygens (including phenoxy) is 2. The Morgan fingerprint density at radius 1 is 1.12 bits per heavy atom. The molecule has 0 aliphatic heterocycles. The number of thiophene rings is 1. The Morgan fingerprint density at radius 3 is 2.36 bits per heavy atom. The quantitative estimate of drug-likeness (QED) is 0.236. The number of aliphatic carboxylic acids is 1. The van der Waals surface area contributed by atoms with Gasteiger partial charge in [0.05, 0.1) is 20.1 Å². The number of hydrogen-bond donors (Lipinski definition) is 2. The molecule has 0 saturated carbocycles. The minimum atomic E-state index is -1.03. The van der Waals surface area contributed by atoms with Crippen LogP contribution in [0.1, 0.15) is 32.7 Å². The van der Waals surface area contributed by atoms with Crippen LogP contribution in [0.25, 0.3) is 0 Å². The average Bonchev–Trinajstić information content (AvgIpc) is 3.22. The maximum Gasteiger partial charge on any atom is 0.312 e. The van der Waals surface area contributed by atoms with Gasteiger partial charge in [-0.2, -0.15) is 0 Å². The number of benzene rings is 1. The number of carboxylic acids is 1. The first kappa shape index (κ1) is 24.8. The summed E-state index contributed by atoms with van der Waals surface area (Å²) in [5.74, 6) is -1.63. The number of rotatable bonds is 10. The number of carbonyl (C=O) groups is 2. The highest BCUT2D eigenvalue weighted by Crippen LogP contribution is 2.43. The molecule has 2 heterocycles. The summed E-state index contributed by atoms with van der Waals surface area (Å²) in [6.07, 6.45) is 3.75. The molecule has 0 aliphatic carbocycles. The monoisotopic (exact) mass is 510 g/mol. The second-order valence-electron chi connectivity index (χ2n) is 7.23. The van der Waals surface area contributed by atoms with Gasteiger partial charge >= 0.3 is 5.97 Å². The van der Waals surface area contributed by atoms with Gasteiger partial charge in [0.2, 0.25) is 12.4 Å². The molecular weight excluding hydrogens is 489 g/mol. The highest BCUT2D eigenvalue weighted by molar-refractivity contribution is 7.12. The van der Waals surface area contributed by atoms with E-state index in [1.54, 1.807) is 30.3 Å². The summed E-state index contributed by atoms with van der Waals surface area (Å²) in [5, 5.41) is 20.4. The normalized spacial score (nSPS) is 12.7. The molecule has 7 nitrogen and oxygen atoms in total. The average molecular weight is 511 g/mol. The first-order valence-corrected chi connectivity index (χ1v) is 11.4. The molecule has 0 saturated heterocycles. The number of carboxylic acid groups (broad SMARTS) is 1. The van der Waals surface area contributed by atoms with E-state index in [0.717, 1.165) is 15.9 Å². The van der Waals surface area contributed by atoms with Crippen LogP contribution < -0.4 is 14.2 Å². The van der Waals surface area contributed by atoms with Crippen molar-refractivity contribution in [1.29, 1.82) is 0 Å². The van der Waals surface area contributed by atoms with Gasteiger partial charge in [0.25, 0.3) is 0 Å². The van der Waals surface area contributed by atoms with Gasteiger partial charge in [-0.25, -0.2) is 0 Å². The fourth-order valence-electron chi connectivity index (χ4n) is 3.71. The van der Waals surface area contributed by atoms with E-state index in [1.807, 2.05) is 0 Å². The summed E-state index contributed by atoms with van der Waals surface area (Å²) >= 11 is 14.0. The molecule has 10 heteroatoms. The van der Waals surface area contributed by atoms with Crippen molar-refractivity contribution < 1.29 is 34.1 Å². The summed E-state index contributed by atoms with van der Waals surface area (Å²) in [5.41, 5.74) is 1.18. The molecule has 0 radical (unpaired) electrons. The Balaban J connectivity index is 2.16. The van der Waals surface area contributed by atoms with Crippen LogP contribution in [0.2, 0.25) is 10.0 Å². The molecule has 0 amide bonds. The Kier molecular flexibility index (Phi) is 8.18. The zero-order valence-electron chi connectivity index (χ0n) is 17.8. The summed E-state index contributed by atoms with van der Waals surface area (Å²) in [6, 6.07) is 8.70. The molecular formula is C23H22Cl2NO6S+. The van der Waals surface area contributed by atoms with Gasteiger partial charge in [-0.1, -0.05) is 29.3 Å².